The van der Waals surface area contributed by atoms with Crippen molar-refractivity contribution in [1.82, 2.24) is 24.3 Å². The van der Waals surface area contributed by atoms with E-state index in [1.54, 1.807) is 45.2 Å². The van der Waals surface area contributed by atoms with E-state index in [4.69, 9.17) is 27.9 Å². The highest BCUT2D eigenvalue weighted by Crippen LogP contribution is 2.34. The van der Waals surface area contributed by atoms with Gasteiger partial charge in [0.05, 0.1) is 26.6 Å². The number of para-hydroxylation sites is 1. The molecule has 1 N–H and O–H groups in total. The Kier molecular flexibility index (Phi) is 8.95. The maximum atomic E-state index is 13.8. The molecule has 218 valence electrons. The number of hydrogen-bond donors (Lipinski definition) is 1. The van der Waals surface area contributed by atoms with Crippen LogP contribution in [0.5, 0.6) is 0 Å². The number of carbonyl (C=O) groups is 2. The molecule has 1 atom stereocenters. The van der Waals surface area contributed by atoms with Crippen LogP contribution < -0.4 is 10.9 Å². The Morgan fingerprint density at radius 3 is 2.39 bits per heavy atom. The largest absolute Gasteiger partial charge is 0.491 e. The summed E-state index contributed by atoms with van der Waals surface area (Å²) in [6.07, 6.45) is -6.03. The van der Waals surface area contributed by atoms with Crippen LogP contribution in [0.4, 0.5) is 13.2 Å². The molecular weight excluding hydrogens is 586 g/mol. The summed E-state index contributed by atoms with van der Waals surface area (Å²) in [4.78, 5) is 45.0. The van der Waals surface area contributed by atoms with E-state index in [1.807, 2.05) is 0 Å². The summed E-state index contributed by atoms with van der Waals surface area (Å²) in [5.41, 5.74) is 0.700. The van der Waals surface area contributed by atoms with E-state index in [0.717, 1.165) is 4.57 Å². The molecular formula is C27H26Cl2F3N5O4. The maximum absolute atomic E-state index is 13.8. The van der Waals surface area contributed by atoms with Crippen LogP contribution in [0.1, 0.15) is 20.1 Å². The van der Waals surface area contributed by atoms with Crippen molar-refractivity contribution in [3.05, 3.63) is 63.0 Å². The van der Waals surface area contributed by atoms with Gasteiger partial charge in [-0.15, -0.1) is 0 Å². The summed E-state index contributed by atoms with van der Waals surface area (Å²) in [6, 6.07) is 9.48. The quantitative estimate of drug-likeness (QED) is 0.267. The second-order valence-electron chi connectivity index (χ2n) is 9.01. The molecule has 0 aliphatic heterocycles. The number of rotatable bonds is 9. The third kappa shape index (κ3) is 5.90. The van der Waals surface area contributed by atoms with Crippen molar-refractivity contribution in [2.24, 2.45) is 0 Å². The van der Waals surface area contributed by atoms with Gasteiger partial charge < -0.3 is 24.1 Å². The first kappa shape index (κ1) is 30.4. The molecule has 2 heterocycles. The van der Waals surface area contributed by atoms with Crippen molar-refractivity contribution < 1.29 is 27.5 Å². The molecule has 1 unspecified atom stereocenters. The number of alkyl halides is 3. The number of likely N-dealkylation sites (N-methyl/N-ethyl adjacent to an activating group) is 2. The zero-order chi connectivity index (χ0) is 30.1. The number of carbonyl (C=O) groups excluding carboxylic acids is 2. The molecule has 0 fully saturated rings. The van der Waals surface area contributed by atoms with E-state index >= 15 is 0 Å². The number of nitrogens with zero attached hydrogens (tertiary/aromatic N) is 4. The van der Waals surface area contributed by atoms with E-state index in [9.17, 15) is 27.6 Å². The van der Waals surface area contributed by atoms with Gasteiger partial charge in [0.2, 0.25) is 0 Å². The lowest BCUT2D eigenvalue weighted by atomic mass is 10.1. The monoisotopic (exact) mass is 611 g/mol. The third-order valence-electron chi connectivity index (χ3n) is 6.56. The van der Waals surface area contributed by atoms with Gasteiger partial charge >= 0.3 is 12.1 Å². The van der Waals surface area contributed by atoms with E-state index in [2.05, 4.69) is 10.3 Å². The first-order valence-corrected chi connectivity index (χ1v) is 13.4. The second kappa shape index (κ2) is 12.1. The van der Waals surface area contributed by atoms with E-state index in [1.165, 1.54) is 27.8 Å². The van der Waals surface area contributed by atoms with Gasteiger partial charge in [-0.2, -0.15) is 13.2 Å². The van der Waals surface area contributed by atoms with Crippen LogP contribution in [-0.2, 0) is 20.9 Å². The lowest BCUT2D eigenvalue weighted by Crippen LogP contribution is -2.41. The molecule has 2 aromatic carbocycles. The Hall–Kier alpha value is -3.61. The summed E-state index contributed by atoms with van der Waals surface area (Å²) in [5, 5.41) is 3.82. The predicted octanol–water partition coefficient (Wildman–Crippen LogP) is 5.02. The van der Waals surface area contributed by atoms with Crippen LogP contribution in [0.3, 0.4) is 0 Å². The number of esters is 1. The van der Waals surface area contributed by atoms with E-state index in [0.29, 0.717) is 23.0 Å². The molecule has 0 aliphatic carbocycles. The average molecular weight is 612 g/mol. The normalized spacial score (nSPS) is 12.6. The Labute approximate surface area is 242 Å². The molecule has 0 bridgehead atoms. The molecule has 1 amide bonds. The van der Waals surface area contributed by atoms with Gasteiger partial charge in [-0.1, -0.05) is 41.4 Å². The van der Waals surface area contributed by atoms with Gasteiger partial charge in [0, 0.05) is 43.3 Å². The fourth-order valence-electron chi connectivity index (χ4n) is 4.53. The molecule has 41 heavy (non-hydrogen) atoms. The van der Waals surface area contributed by atoms with Crippen LogP contribution in [0, 0.1) is 0 Å². The van der Waals surface area contributed by atoms with Crippen molar-refractivity contribution in [2.45, 2.75) is 32.8 Å². The Balaban J connectivity index is 2.01. The number of benzene rings is 2. The number of amides is 1. The van der Waals surface area contributed by atoms with Gasteiger partial charge in [-0.3, -0.25) is 9.59 Å². The van der Waals surface area contributed by atoms with E-state index in [-0.39, 0.29) is 46.5 Å². The molecule has 0 aliphatic rings. The van der Waals surface area contributed by atoms with Crippen LogP contribution in [0.2, 0.25) is 10.0 Å². The first-order chi connectivity index (χ1) is 19.4. The highest BCUT2D eigenvalue weighted by atomic mass is 35.5. The van der Waals surface area contributed by atoms with Crippen LogP contribution in [0.15, 0.2) is 47.4 Å². The number of fused-ring (bicyclic) bond motifs is 2. The lowest BCUT2D eigenvalue weighted by Gasteiger charge is -2.26. The first-order valence-electron chi connectivity index (χ1n) is 12.6. The third-order valence-corrected chi connectivity index (χ3v) is 7.28. The van der Waals surface area contributed by atoms with Crippen molar-refractivity contribution >= 4 is 57.0 Å². The highest BCUT2D eigenvalue weighted by molar-refractivity contribution is 6.42. The molecule has 4 rings (SSSR count). The van der Waals surface area contributed by atoms with Gasteiger partial charge in [-0.25, -0.2) is 9.78 Å². The molecule has 0 radical (unpaired) electrons. The Morgan fingerprint density at radius 2 is 1.76 bits per heavy atom. The molecule has 0 saturated carbocycles. The minimum atomic E-state index is -5.34. The number of ether oxygens (including phenoxy) is 1. The molecule has 14 heteroatoms. The van der Waals surface area contributed by atoms with Crippen molar-refractivity contribution in [2.75, 3.05) is 26.7 Å². The van der Waals surface area contributed by atoms with Crippen LogP contribution in [0.25, 0.3) is 33.2 Å². The lowest BCUT2D eigenvalue weighted by molar-refractivity contribution is -0.210. The summed E-state index contributed by atoms with van der Waals surface area (Å²) in [6.45, 7) is 4.28. The highest BCUT2D eigenvalue weighted by Gasteiger charge is 2.44. The molecule has 2 aromatic heterocycles. The molecule has 9 nitrogen and oxygen atoms in total. The molecule has 4 aromatic rings. The second-order valence-corrected chi connectivity index (χ2v) is 9.82. The van der Waals surface area contributed by atoms with Crippen molar-refractivity contribution in [3.63, 3.8) is 0 Å². The van der Waals surface area contributed by atoms with Crippen LogP contribution in [-0.4, -0.2) is 63.8 Å². The van der Waals surface area contributed by atoms with E-state index < -0.39 is 29.8 Å². The maximum Gasteiger partial charge on any atom is 0.491 e. The zero-order valence-electron chi connectivity index (χ0n) is 22.3. The predicted molar refractivity (Wildman–Crippen MR) is 150 cm³/mol. The molecule has 0 spiro atoms. The van der Waals surface area contributed by atoms with Gasteiger partial charge in [-0.05, 0) is 39.1 Å². The smallest absolute Gasteiger partial charge is 0.425 e. The summed E-state index contributed by atoms with van der Waals surface area (Å²) >= 11 is 12.5. The average Bonchev–Trinajstić information content (AvgIpc) is 3.31. The van der Waals surface area contributed by atoms with Gasteiger partial charge in [0.15, 0.2) is 0 Å². The summed E-state index contributed by atoms with van der Waals surface area (Å²) < 4.78 is 47.1. The standard InChI is InChI=1S/C27H26Cl2F3N5O4/c1-4-35(5-2)24(39)25(41-26(40)27(30,31)32)37-14-16(15-8-6-7-9-20(15)37)22-23(38)36(11-10-33-3)21-13-18(29)17(28)12-19(21)34-22/h6-9,12-14,25,33H,4-5,10-11H2,1-3H3. The minimum Gasteiger partial charge on any atom is -0.425 e. The Bertz CT molecular complexity index is 1680. The number of aromatic nitrogens is 3. The summed E-state index contributed by atoms with van der Waals surface area (Å²) in [7, 11) is 1.72. The molecule has 0 saturated heterocycles. The van der Waals surface area contributed by atoms with Crippen molar-refractivity contribution in [1.29, 1.82) is 0 Å². The van der Waals surface area contributed by atoms with Gasteiger partial charge in [0.1, 0.15) is 5.69 Å². The van der Waals surface area contributed by atoms with Crippen LogP contribution >= 0.6 is 23.2 Å². The summed E-state index contributed by atoms with van der Waals surface area (Å²) in [5.74, 6) is -3.38. The minimum absolute atomic E-state index is 0.0434. The zero-order valence-corrected chi connectivity index (χ0v) is 23.8. The number of halogens is 5. The fraction of sp³-hybridized carbons (Fsp3) is 0.333. The SMILES string of the molecule is CCN(CC)C(=O)C(OC(=O)C(F)(F)F)n1cc(-c2nc3cc(Cl)c(Cl)cc3n(CCNC)c2=O)c2ccccc21. The number of hydrogen-bond acceptors (Lipinski definition) is 6. The van der Waals surface area contributed by atoms with Crippen molar-refractivity contribution in [3.8, 4) is 11.3 Å². The fourth-order valence-corrected chi connectivity index (χ4v) is 4.85. The number of nitrogens with one attached hydrogen (secondary N) is 1. The Morgan fingerprint density at radius 1 is 1.10 bits per heavy atom. The van der Waals surface area contributed by atoms with Gasteiger partial charge in [0.25, 0.3) is 17.7 Å². The topological polar surface area (TPSA) is 98.5 Å².